The van der Waals surface area contributed by atoms with Crippen molar-refractivity contribution in [3.8, 4) is 5.75 Å². The fraction of sp³-hybridized carbons (Fsp3) is 0. The van der Waals surface area contributed by atoms with Crippen molar-refractivity contribution in [2.75, 3.05) is 0 Å². The van der Waals surface area contributed by atoms with Gasteiger partial charge in [-0.3, -0.25) is 0 Å². The van der Waals surface area contributed by atoms with E-state index in [1.54, 1.807) is 18.2 Å². The van der Waals surface area contributed by atoms with Crippen LogP contribution in [0.25, 0.3) is 0 Å². The predicted molar refractivity (Wildman–Crippen MR) is 58.2 cm³/mol. The van der Waals surface area contributed by atoms with Crippen LogP contribution in [0.4, 0.5) is 0 Å². The highest BCUT2D eigenvalue weighted by Gasteiger charge is 2.02. The highest BCUT2D eigenvalue weighted by Crippen LogP contribution is 2.28. The number of benzene rings is 1. The summed E-state index contributed by atoms with van der Waals surface area (Å²) < 4.78 is 5.67. The van der Waals surface area contributed by atoms with Crippen molar-refractivity contribution in [3.63, 3.8) is 0 Å². The van der Waals surface area contributed by atoms with Gasteiger partial charge < -0.3 is 4.74 Å². The summed E-state index contributed by atoms with van der Waals surface area (Å²) in [5.74, 6) is 0.555. The molecule has 12 heavy (non-hydrogen) atoms. The zero-order valence-electron chi connectivity index (χ0n) is 5.68. The second-order valence-corrected chi connectivity index (χ2v) is 4.14. The molecule has 0 N–H and O–H groups in total. The van der Waals surface area contributed by atoms with Crippen LogP contribution >= 0.6 is 51.3 Å². The Balaban J connectivity index is 2.93. The summed E-state index contributed by atoms with van der Waals surface area (Å²) in [5, 5.41) is 0.620. The van der Waals surface area contributed by atoms with E-state index in [-0.39, 0.29) is 4.51 Å². The average molecular weight is 286 g/mol. The van der Waals surface area contributed by atoms with Crippen LogP contribution in [0.1, 0.15) is 0 Å². The van der Waals surface area contributed by atoms with Gasteiger partial charge in [0.05, 0.1) is 4.47 Å². The molecule has 0 unspecified atom stereocenters. The Labute approximate surface area is 93.7 Å². The molecule has 0 aliphatic rings. The van der Waals surface area contributed by atoms with Gasteiger partial charge in [-0.25, -0.2) is 0 Å². The molecule has 0 aromatic heterocycles. The van der Waals surface area contributed by atoms with Crippen LogP contribution in [0.2, 0.25) is 5.02 Å². The molecule has 0 bridgehead atoms. The molecular formula is C7H3BrCl2OS. The number of hydrogen-bond acceptors (Lipinski definition) is 2. The fourth-order valence-corrected chi connectivity index (χ4v) is 1.58. The van der Waals surface area contributed by atoms with Crippen molar-refractivity contribution < 1.29 is 4.74 Å². The summed E-state index contributed by atoms with van der Waals surface area (Å²) in [7, 11) is 0. The zero-order chi connectivity index (χ0) is 9.14. The zero-order valence-corrected chi connectivity index (χ0v) is 9.60. The van der Waals surface area contributed by atoms with E-state index in [0.29, 0.717) is 10.8 Å². The SMILES string of the molecule is S=C(Cl)Oc1ccc(Cl)cc1Br. The van der Waals surface area contributed by atoms with E-state index in [0.717, 1.165) is 4.47 Å². The van der Waals surface area contributed by atoms with Gasteiger partial charge in [0.1, 0.15) is 5.75 Å². The number of rotatable bonds is 1. The Hall–Kier alpha value is 0.170. The molecule has 0 atom stereocenters. The largest absolute Gasteiger partial charge is 0.435 e. The maximum Gasteiger partial charge on any atom is 0.260 e. The van der Waals surface area contributed by atoms with Gasteiger partial charge in [-0.1, -0.05) is 11.6 Å². The van der Waals surface area contributed by atoms with Crippen LogP contribution in [-0.4, -0.2) is 4.51 Å². The summed E-state index contributed by atoms with van der Waals surface area (Å²) in [4.78, 5) is 0. The van der Waals surface area contributed by atoms with Crippen LogP contribution < -0.4 is 4.74 Å². The third-order valence-electron chi connectivity index (χ3n) is 1.08. The van der Waals surface area contributed by atoms with E-state index in [9.17, 15) is 0 Å². The first-order chi connectivity index (χ1) is 5.59. The van der Waals surface area contributed by atoms with Crippen LogP contribution in [0.3, 0.4) is 0 Å². The Morgan fingerprint density at radius 3 is 2.67 bits per heavy atom. The molecule has 0 aliphatic carbocycles. The highest BCUT2D eigenvalue weighted by atomic mass is 79.9. The van der Waals surface area contributed by atoms with Gasteiger partial charge in [0.2, 0.25) is 0 Å². The van der Waals surface area contributed by atoms with Gasteiger partial charge >= 0.3 is 0 Å². The molecule has 1 nitrogen and oxygen atoms in total. The molecule has 0 aliphatic heterocycles. The minimum atomic E-state index is -0.0435. The number of thiocarbonyl (C=S) groups is 1. The van der Waals surface area contributed by atoms with Crippen molar-refractivity contribution in [1.29, 1.82) is 0 Å². The minimum Gasteiger partial charge on any atom is -0.435 e. The Bertz CT molecular complexity index is 316. The van der Waals surface area contributed by atoms with Crippen molar-refractivity contribution in [2.24, 2.45) is 0 Å². The quantitative estimate of drug-likeness (QED) is 0.570. The summed E-state index contributed by atoms with van der Waals surface area (Å²) in [6.45, 7) is 0. The molecule has 1 aromatic rings. The lowest BCUT2D eigenvalue weighted by Crippen LogP contribution is -1.95. The topological polar surface area (TPSA) is 9.23 Å². The van der Waals surface area contributed by atoms with Crippen LogP contribution in [-0.2, 0) is 0 Å². The standard InChI is InChI=1S/C7H3BrCl2OS/c8-5-3-4(9)1-2-6(5)11-7(10)12/h1-3H. The van der Waals surface area contributed by atoms with E-state index >= 15 is 0 Å². The Kier molecular flexibility index (Phi) is 3.77. The third-order valence-corrected chi connectivity index (χ3v) is 2.10. The molecule has 5 heteroatoms. The van der Waals surface area contributed by atoms with Crippen molar-refractivity contribution in [2.45, 2.75) is 0 Å². The lowest BCUT2D eigenvalue weighted by atomic mass is 10.3. The molecular weight excluding hydrogens is 283 g/mol. The molecule has 0 heterocycles. The van der Waals surface area contributed by atoms with Crippen LogP contribution in [0, 0.1) is 0 Å². The van der Waals surface area contributed by atoms with Crippen LogP contribution in [0.5, 0.6) is 5.75 Å². The summed E-state index contributed by atoms with van der Waals surface area (Å²) in [6, 6.07) is 5.07. The molecule has 0 saturated carbocycles. The van der Waals surface area contributed by atoms with E-state index in [4.69, 9.17) is 27.9 Å². The van der Waals surface area contributed by atoms with Gasteiger partial charge in [-0.15, -0.1) is 0 Å². The fourth-order valence-electron chi connectivity index (χ4n) is 0.644. The lowest BCUT2D eigenvalue weighted by Gasteiger charge is -2.03. The van der Waals surface area contributed by atoms with Gasteiger partial charge in [0.25, 0.3) is 4.51 Å². The molecule has 64 valence electrons. The molecule has 0 radical (unpaired) electrons. The third kappa shape index (κ3) is 2.90. The summed E-state index contributed by atoms with van der Waals surface area (Å²) in [6.07, 6.45) is 0. The summed E-state index contributed by atoms with van der Waals surface area (Å²) in [5.41, 5.74) is 0. The van der Waals surface area contributed by atoms with Crippen molar-refractivity contribution in [1.82, 2.24) is 0 Å². The minimum absolute atomic E-state index is 0.0435. The number of ether oxygens (including phenoxy) is 1. The van der Waals surface area contributed by atoms with E-state index in [1.165, 1.54) is 0 Å². The second kappa shape index (κ2) is 4.42. The molecule has 1 rings (SSSR count). The van der Waals surface area contributed by atoms with E-state index in [1.807, 2.05) is 0 Å². The second-order valence-electron chi connectivity index (χ2n) is 1.91. The highest BCUT2D eigenvalue weighted by molar-refractivity contribution is 9.10. The Morgan fingerprint density at radius 1 is 1.50 bits per heavy atom. The monoisotopic (exact) mass is 284 g/mol. The maximum absolute atomic E-state index is 5.70. The predicted octanol–water partition coefficient (Wildman–Crippen LogP) is 4.01. The van der Waals surface area contributed by atoms with Crippen molar-refractivity contribution in [3.05, 3.63) is 27.7 Å². The lowest BCUT2D eigenvalue weighted by molar-refractivity contribution is 0.574. The molecule has 0 saturated heterocycles. The first kappa shape index (κ1) is 10.3. The van der Waals surface area contributed by atoms with E-state index in [2.05, 4.69) is 28.1 Å². The van der Waals surface area contributed by atoms with Gasteiger partial charge in [-0.2, -0.15) is 0 Å². The van der Waals surface area contributed by atoms with Crippen molar-refractivity contribution >= 4 is 55.9 Å². The maximum atomic E-state index is 5.70. The average Bonchev–Trinajstić information content (AvgIpc) is 1.94. The number of halogens is 3. The van der Waals surface area contributed by atoms with Gasteiger partial charge in [0, 0.05) is 5.02 Å². The van der Waals surface area contributed by atoms with E-state index < -0.39 is 0 Å². The Morgan fingerprint density at radius 2 is 2.17 bits per heavy atom. The first-order valence-electron chi connectivity index (χ1n) is 2.92. The molecule has 0 amide bonds. The molecule has 0 fully saturated rings. The molecule has 0 spiro atoms. The number of hydrogen-bond donors (Lipinski definition) is 0. The first-order valence-corrected chi connectivity index (χ1v) is 4.87. The smallest absolute Gasteiger partial charge is 0.260 e. The summed E-state index contributed by atoms with van der Waals surface area (Å²) >= 11 is 18.9. The normalized spacial score (nSPS) is 9.58. The van der Waals surface area contributed by atoms with Crippen LogP contribution in [0.15, 0.2) is 22.7 Å². The molecule has 1 aromatic carbocycles. The van der Waals surface area contributed by atoms with Gasteiger partial charge in [-0.05, 0) is 57.9 Å². The van der Waals surface area contributed by atoms with Gasteiger partial charge in [0.15, 0.2) is 0 Å².